The van der Waals surface area contributed by atoms with E-state index in [1.165, 1.54) is 7.11 Å². The highest BCUT2D eigenvalue weighted by atomic mass is 16.6. The van der Waals surface area contributed by atoms with Crippen molar-refractivity contribution in [2.24, 2.45) is 0 Å². The predicted octanol–water partition coefficient (Wildman–Crippen LogP) is -0.832. The van der Waals surface area contributed by atoms with Gasteiger partial charge in [-0.25, -0.2) is 4.79 Å². The SMILES string of the molecule is COC(=O)COCCO. The molecule has 0 aromatic rings. The van der Waals surface area contributed by atoms with Crippen molar-refractivity contribution in [3.63, 3.8) is 0 Å². The number of rotatable bonds is 4. The van der Waals surface area contributed by atoms with Gasteiger partial charge in [-0.1, -0.05) is 0 Å². The minimum Gasteiger partial charge on any atom is -0.467 e. The predicted molar refractivity (Wildman–Crippen MR) is 29.9 cm³/mol. The molecule has 0 saturated carbocycles. The maximum atomic E-state index is 10.3. The van der Waals surface area contributed by atoms with Gasteiger partial charge in [0.05, 0.1) is 20.3 Å². The molecule has 9 heavy (non-hydrogen) atoms. The number of hydrogen-bond donors (Lipinski definition) is 1. The first-order valence-corrected chi connectivity index (χ1v) is 2.56. The van der Waals surface area contributed by atoms with Crippen LogP contribution in [-0.2, 0) is 14.3 Å². The zero-order valence-corrected chi connectivity index (χ0v) is 5.29. The Balaban J connectivity index is 2.97. The number of hydrogen-bond acceptors (Lipinski definition) is 4. The molecule has 0 heterocycles. The topological polar surface area (TPSA) is 55.8 Å². The number of carbonyl (C=O) groups excluding carboxylic acids is 1. The summed E-state index contributed by atoms with van der Waals surface area (Å²) in [6, 6.07) is 0. The standard InChI is InChI=1S/C5H10O4/c1-8-5(7)4-9-3-2-6/h6H,2-4H2,1H3. The van der Waals surface area contributed by atoms with Crippen molar-refractivity contribution in [2.45, 2.75) is 0 Å². The van der Waals surface area contributed by atoms with Crippen LogP contribution in [0.4, 0.5) is 0 Å². The van der Waals surface area contributed by atoms with Crippen LogP contribution in [0.25, 0.3) is 0 Å². The Labute approximate surface area is 53.4 Å². The smallest absolute Gasteiger partial charge is 0.331 e. The Morgan fingerprint density at radius 3 is 2.78 bits per heavy atom. The Bertz CT molecular complexity index is 81.0. The zero-order chi connectivity index (χ0) is 7.11. The van der Waals surface area contributed by atoms with Gasteiger partial charge < -0.3 is 14.6 Å². The first-order valence-electron chi connectivity index (χ1n) is 2.56. The number of aliphatic hydroxyl groups is 1. The quantitative estimate of drug-likeness (QED) is 0.402. The van der Waals surface area contributed by atoms with Gasteiger partial charge >= 0.3 is 5.97 Å². The molecule has 0 aliphatic carbocycles. The summed E-state index contributed by atoms with van der Waals surface area (Å²) >= 11 is 0. The second kappa shape index (κ2) is 5.53. The van der Waals surface area contributed by atoms with E-state index in [1.807, 2.05) is 0 Å². The molecule has 0 radical (unpaired) electrons. The fraction of sp³-hybridized carbons (Fsp3) is 0.800. The first-order chi connectivity index (χ1) is 4.31. The summed E-state index contributed by atoms with van der Waals surface area (Å²) in [6.45, 7) is 0.0170. The van der Waals surface area contributed by atoms with E-state index in [9.17, 15) is 4.79 Å². The van der Waals surface area contributed by atoms with Crippen molar-refractivity contribution >= 4 is 5.97 Å². The van der Waals surface area contributed by atoms with Gasteiger partial charge in [0.2, 0.25) is 0 Å². The van der Waals surface area contributed by atoms with Crippen molar-refractivity contribution < 1.29 is 19.4 Å². The Morgan fingerprint density at radius 1 is 1.67 bits per heavy atom. The number of carbonyl (C=O) groups is 1. The number of methoxy groups -OCH3 is 1. The van der Waals surface area contributed by atoms with Crippen molar-refractivity contribution in [1.82, 2.24) is 0 Å². The molecule has 0 fully saturated rings. The lowest BCUT2D eigenvalue weighted by Crippen LogP contribution is -2.11. The van der Waals surface area contributed by atoms with Crippen LogP contribution in [0.5, 0.6) is 0 Å². The van der Waals surface area contributed by atoms with Crippen molar-refractivity contribution in [1.29, 1.82) is 0 Å². The lowest BCUT2D eigenvalue weighted by molar-refractivity contribution is -0.146. The third kappa shape index (κ3) is 5.26. The molecular formula is C5H10O4. The maximum absolute atomic E-state index is 10.3. The molecule has 0 atom stereocenters. The van der Waals surface area contributed by atoms with Gasteiger partial charge in [-0.05, 0) is 0 Å². The van der Waals surface area contributed by atoms with E-state index in [2.05, 4.69) is 9.47 Å². The Kier molecular flexibility index (Phi) is 5.15. The summed E-state index contributed by atoms with van der Waals surface area (Å²) in [5.74, 6) is -0.427. The molecule has 0 rings (SSSR count). The molecule has 4 nitrogen and oxygen atoms in total. The van der Waals surface area contributed by atoms with E-state index in [0.29, 0.717) is 0 Å². The summed E-state index contributed by atoms with van der Waals surface area (Å²) in [4.78, 5) is 10.3. The summed E-state index contributed by atoms with van der Waals surface area (Å²) in [7, 11) is 1.28. The minimum atomic E-state index is -0.427. The average Bonchev–Trinajstić information content (AvgIpc) is 1.89. The van der Waals surface area contributed by atoms with E-state index in [4.69, 9.17) is 5.11 Å². The molecule has 0 spiro atoms. The molecule has 0 aromatic carbocycles. The third-order valence-corrected chi connectivity index (χ3v) is 0.683. The molecule has 0 amide bonds. The highest BCUT2D eigenvalue weighted by molar-refractivity contribution is 5.70. The minimum absolute atomic E-state index is 0.0724. The molecule has 4 heteroatoms. The molecule has 0 aliphatic rings. The van der Waals surface area contributed by atoms with Gasteiger partial charge in [0.15, 0.2) is 0 Å². The molecule has 0 aliphatic heterocycles. The average molecular weight is 134 g/mol. The summed E-state index contributed by atoms with van der Waals surface area (Å²) in [6.07, 6.45) is 0. The lowest BCUT2D eigenvalue weighted by Gasteiger charge is -1.98. The van der Waals surface area contributed by atoms with E-state index in [-0.39, 0.29) is 19.8 Å². The first kappa shape index (κ1) is 8.39. The molecular weight excluding hydrogens is 124 g/mol. The zero-order valence-electron chi connectivity index (χ0n) is 5.29. The van der Waals surface area contributed by atoms with E-state index >= 15 is 0 Å². The number of ether oxygens (including phenoxy) is 2. The monoisotopic (exact) mass is 134 g/mol. The lowest BCUT2D eigenvalue weighted by atomic mass is 10.7. The Morgan fingerprint density at radius 2 is 2.33 bits per heavy atom. The van der Waals surface area contributed by atoms with Crippen molar-refractivity contribution in [3.05, 3.63) is 0 Å². The molecule has 0 bridgehead atoms. The molecule has 1 N–H and O–H groups in total. The molecule has 0 saturated heterocycles. The van der Waals surface area contributed by atoms with Gasteiger partial charge in [-0.3, -0.25) is 0 Å². The largest absolute Gasteiger partial charge is 0.467 e. The van der Waals surface area contributed by atoms with E-state index in [1.54, 1.807) is 0 Å². The van der Waals surface area contributed by atoms with Crippen LogP contribution in [0.3, 0.4) is 0 Å². The third-order valence-electron chi connectivity index (χ3n) is 0.683. The second-order valence-electron chi connectivity index (χ2n) is 1.35. The second-order valence-corrected chi connectivity index (χ2v) is 1.35. The summed E-state index contributed by atoms with van der Waals surface area (Å²) < 4.78 is 8.86. The van der Waals surface area contributed by atoms with Crippen LogP contribution in [0.15, 0.2) is 0 Å². The van der Waals surface area contributed by atoms with E-state index < -0.39 is 5.97 Å². The van der Waals surface area contributed by atoms with Gasteiger partial charge in [0, 0.05) is 0 Å². The maximum Gasteiger partial charge on any atom is 0.331 e. The van der Waals surface area contributed by atoms with E-state index in [0.717, 1.165) is 0 Å². The van der Waals surface area contributed by atoms with Crippen LogP contribution in [0, 0.1) is 0 Å². The van der Waals surface area contributed by atoms with Crippen LogP contribution < -0.4 is 0 Å². The van der Waals surface area contributed by atoms with Gasteiger partial charge in [-0.2, -0.15) is 0 Å². The molecule has 54 valence electrons. The number of aliphatic hydroxyl groups excluding tert-OH is 1. The van der Waals surface area contributed by atoms with Gasteiger partial charge in [0.25, 0.3) is 0 Å². The summed E-state index contributed by atoms with van der Waals surface area (Å²) in [5, 5.41) is 8.17. The normalized spacial score (nSPS) is 9.11. The van der Waals surface area contributed by atoms with Crippen molar-refractivity contribution in [2.75, 3.05) is 26.9 Å². The van der Waals surface area contributed by atoms with Gasteiger partial charge in [0.1, 0.15) is 6.61 Å². The van der Waals surface area contributed by atoms with Gasteiger partial charge in [-0.15, -0.1) is 0 Å². The van der Waals surface area contributed by atoms with Crippen LogP contribution in [-0.4, -0.2) is 38.0 Å². The molecule has 0 aromatic heterocycles. The Hall–Kier alpha value is -0.610. The summed E-state index contributed by atoms with van der Waals surface area (Å²) in [5.41, 5.74) is 0. The fourth-order valence-corrected chi connectivity index (χ4v) is 0.279. The fourth-order valence-electron chi connectivity index (χ4n) is 0.279. The van der Waals surface area contributed by atoms with Crippen LogP contribution in [0.2, 0.25) is 0 Å². The highest BCUT2D eigenvalue weighted by Gasteiger charge is 1.96. The number of esters is 1. The highest BCUT2D eigenvalue weighted by Crippen LogP contribution is 1.76. The van der Waals surface area contributed by atoms with Crippen LogP contribution in [0.1, 0.15) is 0 Å². The van der Waals surface area contributed by atoms with Crippen LogP contribution >= 0.6 is 0 Å². The van der Waals surface area contributed by atoms with Crippen molar-refractivity contribution in [3.8, 4) is 0 Å². The molecule has 0 unspecified atom stereocenters.